The number of thiophene rings is 1. The van der Waals surface area contributed by atoms with Gasteiger partial charge in [0.25, 0.3) is 0 Å². The predicted molar refractivity (Wildman–Crippen MR) is 178 cm³/mol. The highest BCUT2D eigenvalue weighted by Crippen LogP contribution is 2.48. The predicted octanol–water partition coefficient (Wildman–Crippen LogP) is 8.68. The number of nitrogens with zero attached hydrogens (tertiary/aromatic N) is 6. The van der Waals surface area contributed by atoms with Gasteiger partial charge in [0, 0.05) is 47.6 Å². The van der Waals surface area contributed by atoms with Gasteiger partial charge in [-0.15, -0.1) is 11.3 Å². The molecule has 48 heavy (non-hydrogen) atoms. The van der Waals surface area contributed by atoms with Crippen LogP contribution in [0.5, 0.6) is 5.75 Å². The van der Waals surface area contributed by atoms with Gasteiger partial charge in [-0.25, -0.2) is 27.9 Å². The fraction of sp³-hybridized carbons (Fsp3) is 0.314. The van der Waals surface area contributed by atoms with Crippen LogP contribution in [0, 0.1) is 24.4 Å². The minimum Gasteiger partial charge on any atom is -0.507 e. The van der Waals surface area contributed by atoms with Gasteiger partial charge in [0.05, 0.1) is 44.8 Å². The average Bonchev–Trinajstić information content (AvgIpc) is 3.69. The number of rotatable bonds is 3. The summed E-state index contributed by atoms with van der Waals surface area (Å²) in [5, 5.41) is 17.1. The van der Waals surface area contributed by atoms with E-state index in [4.69, 9.17) is 14.8 Å². The Morgan fingerprint density at radius 2 is 1.77 bits per heavy atom. The van der Waals surface area contributed by atoms with Gasteiger partial charge in [-0.1, -0.05) is 6.07 Å². The molecule has 1 aliphatic rings. The smallest absolute Gasteiger partial charge is 0.410 e. The highest BCUT2D eigenvalue weighted by Gasteiger charge is 2.37. The lowest BCUT2D eigenvalue weighted by atomic mass is 9.95. The number of carbonyl (C=O) groups excluding carboxylic acids is 1. The second-order valence-electron chi connectivity index (χ2n) is 13.2. The maximum Gasteiger partial charge on any atom is 0.410 e. The minimum absolute atomic E-state index is 0.0144. The van der Waals surface area contributed by atoms with Crippen LogP contribution in [0.4, 0.5) is 18.0 Å². The van der Waals surface area contributed by atoms with Gasteiger partial charge in [0.2, 0.25) is 0 Å². The van der Waals surface area contributed by atoms with Crippen LogP contribution in [-0.2, 0) is 11.8 Å². The summed E-state index contributed by atoms with van der Waals surface area (Å²) in [7, 11) is 1.92. The summed E-state index contributed by atoms with van der Waals surface area (Å²) in [6.45, 7) is 11.4. The molecule has 0 radical (unpaired) electrons. The van der Waals surface area contributed by atoms with Crippen LogP contribution in [0.1, 0.15) is 58.2 Å². The van der Waals surface area contributed by atoms with Crippen LogP contribution in [0.25, 0.3) is 54.9 Å². The van der Waals surface area contributed by atoms with Gasteiger partial charge in [-0.05, 0) is 59.7 Å². The van der Waals surface area contributed by atoms with Gasteiger partial charge >= 0.3 is 6.09 Å². The zero-order chi connectivity index (χ0) is 34.4. The number of aryl methyl sites for hydroxylation is 2. The summed E-state index contributed by atoms with van der Waals surface area (Å²) < 4.78 is 55.7. The number of phenols is 1. The number of imidazole rings is 1. The zero-order valence-electron chi connectivity index (χ0n) is 27.4. The van der Waals surface area contributed by atoms with Crippen molar-refractivity contribution >= 4 is 38.5 Å². The number of carbonyl (C=O) groups is 1. The summed E-state index contributed by atoms with van der Waals surface area (Å²) in [6, 6.07) is 8.04. The number of fused-ring (bicyclic) bond motifs is 3. The number of hydrogen-bond acceptors (Lipinski definition) is 7. The van der Waals surface area contributed by atoms with Gasteiger partial charge in [0.1, 0.15) is 46.0 Å². The molecule has 248 valence electrons. The van der Waals surface area contributed by atoms with Gasteiger partial charge < -0.3 is 14.4 Å². The van der Waals surface area contributed by atoms with Crippen LogP contribution in [-0.4, -0.2) is 52.6 Å². The first-order chi connectivity index (χ1) is 22.6. The van der Waals surface area contributed by atoms with E-state index in [-0.39, 0.29) is 28.4 Å². The van der Waals surface area contributed by atoms with Crippen molar-refractivity contribution < 1.29 is 27.8 Å². The van der Waals surface area contributed by atoms with Gasteiger partial charge in [-0.2, -0.15) is 5.10 Å². The molecule has 1 N–H and O–H groups in total. The van der Waals surface area contributed by atoms with Crippen molar-refractivity contribution in [2.45, 2.75) is 59.2 Å². The molecule has 0 bridgehead atoms. The summed E-state index contributed by atoms with van der Waals surface area (Å²) in [5.74, 6) is -2.62. The second-order valence-corrected chi connectivity index (χ2v) is 14.1. The molecule has 13 heteroatoms. The Labute approximate surface area is 278 Å². The molecular weight excluding hydrogens is 641 g/mol. The molecule has 0 fully saturated rings. The lowest BCUT2D eigenvalue weighted by molar-refractivity contribution is 0.00865. The van der Waals surface area contributed by atoms with E-state index in [1.807, 2.05) is 50.6 Å². The molecule has 0 spiro atoms. The highest BCUT2D eigenvalue weighted by atomic mass is 32.1. The molecule has 2 aromatic carbocycles. The second kappa shape index (κ2) is 11.1. The largest absolute Gasteiger partial charge is 0.507 e. The summed E-state index contributed by atoms with van der Waals surface area (Å²) in [6.07, 6.45) is -0.475. The van der Waals surface area contributed by atoms with Crippen molar-refractivity contribution in [2.75, 3.05) is 6.54 Å². The van der Waals surface area contributed by atoms with Crippen LogP contribution >= 0.6 is 11.3 Å². The van der Waals surface area contributed by atoms with Gasteiger partial charge in [-0.3, -0.25) is 9.58 Å². The molecule has 9 nitrogen and oxygen atoms in total. The molecule has 1 aliphatic heterocycles. The van der Waals surface area contributed by atoms with Crippen molar-refractivity contribution in [1.82, 2.24) is 29.2 Å². The number of pyridine rings is 1. The highest BCUT2D eigenvalue weighted by molar-refractivity contribution is 7.17. The van der Waals surface area contributed by atoms with Crippen molar-refractivity contribution in [3.8, 4) is 39.5 Å². The Hall–Kier alpha value is -4.91. The molecule has 0 aliphatic carbocycles. The Kier molecular flexibility index (Phi) is 7.31. The minimum atomic E-state index is -1.08. The lowest BCUT2D eigenvalue weighted by Crippen LogP contribution is -2.45. The van der Waals surface area contributed by atoms with Gasteiger partial charge in [0.15, 0.2) is 0 Å². The molecule has 0 unspecified atom stereocenters. The van der Waals surface area contributed by atoms with Crippen LogP contribution < -0.4 is 0 Å². The molecule has 1 amide bonds. The molecule has 7 rings (SSSR count). The molecule has 0 saturated heterocycles. The van der Waals surface area contributed by atoms with E-state index in [1.54, 1.807) is 36.4 Å². The van der Waals surface area contributed by atoms with Crippen molar-refractivity contribution in [1.29, 1.82) is 0 Å². The SMILES string of the molecule is Cc1nc2cc(-c3nc(-c4cc5n(n4)[C@@H](C)CN(C(=O)OC(C)(C)C)[C@@H]5C)c(-c4c(O)cc(F)cc4F)c4c(F)csc34)ccc2n1C. The normalized spacial score (nSPS) is 16.6. The Morgan fingerprint density at radius 3 is 2.48 bits per heavy atom. The number of aromatic nitrogens is 5. The molecule has 2 atom stereocenters. The fourth-order valence-electron chi connectivity index (χ4n) is 6.40. The maximum absolute atomic E-state index is 16.0. The van der Waals surface area contributed by atoms with E-state index in [9.17, 15) is 14.3 Å². The third-order valence-corrected chi connectivity index (χ3v) is 9.70. The summed E-state index contributed by atoms with van der Waals surface area (Å²) >= 11 is 1.09. The lowest BCUT2D eigenvalue weighted by Gasteiger charge is -2.38. The number of benzene rings is 2. The van der Waals surface area contributed by atoms with E-state index in [1.165, 1.54) is 5.38 Å². The molecular formula is C35H33F3N6O3S. The first-order valence-electron chi connectivity index (χ1n) is 15.4. The Bertz CT molecular complexity index is 2260. The van der Waals surface area contributed by atoms with E-state index in [0.717, 1.165) is 34.3 Å². The van der Waals surface area contributed by atoms with E-state index < -0.39 is 46.5 Å². The molecule has 6 aromatic rings. The topological polar surface area (TPSA) is 98.3 Å². The Balaban J connectivity index is 1.50. The standard InChI is InChI=1S/C35H33F3N6O3S/c1-16-14-43(34(46)47-35(4,5)6)17(2)26-13-24(41-44(16)26)32-30(28-21(37)11-20(36)12-27(28)45)29-22(38)15-48-33(29)31(40-32)19-8-9-25-23(10-19)39-18(3)42(25)7/h8-13,15-17,45H,14H2,1-7H3/t16-,17+/m0/s1. The number of amides is 1. The summed E-state index contributed by atoms with van der Waals surface area (Å²) in [4.78, 5) is 24.5. The van der Waals surface area contributed by atoms with Crippen LogP contribution in [0.15, 0.2) is 41.8 Å². The third-order valence-electron chi connectivity index (χ3n) is 8.74. The van der Waals surface area contributed by atoms with Crippen molar-refractivity contribution in [3.63, 3.8) is 0 Å². The average molecular weight is 675 g/mol. The number of phenolic OH excluding ortho intramolecular Hbond substituents is 1. The molecule has 4 aromatic heterocycles. The fourth-order valence-corrected chi connectivity index (χ4v) is 7.33. The van der Waals surface area contributed by atoms with Crippen molar-refractivity contribution in [3.05, 3.63) is 70.7 Å². The summed E-state index contributed by atoms with van der Waals surface area (Å²) in [5.41, 5.74) is 2.52. The van der Waals surface area contributed by atoms with E-state index >= 15 is 8.78 Å². The first kappa shape index (κ1) is 31.7. The van der Waals surface area contributed by atoms with E-state index in [2.05, 4.69) is 4.98 Å². The third kappa shape index (κ3) is 5.07. The monoisotopic (exact) mass is 674 g/mol. The number of ether oxygens (including phenoxy) is 1. The number of halogens is 3. The number of hydrogen-bond donors (Lipinski definition) is 1. The van der Waals surface area contributed by atoms with Crippen LogP contribution in [0.2, 0.25) is 0 Å². The first-order valence-corrected chi connectivity index (χ1v) is 16.3. The van der Waals surface area contributed by atoms with E-state index in [0.29, 0.717) is 34.3 Å². The quantitative estimate of drug-likeness (QED) is 0.202. The van der Waals surface area contributed by atoms with Crippen molar-refractivity contribution in [2.24, 2.45) is 7.05 Å². The Morgan fingerprint density at radius 1 is 1.02 bits per heavy atom. The zero-order valence-corrected chi connectivity index (χ0v) is 28.2. The number of aromatic hydroxyl groups is 1. The molecule has 0 saturated carbocycles. The van der Waals surface area contributed by atoms with Crippen LogP contribution in [0.3, 0.4) is 0 Å². The molecule has 5 heterocycles. The maximum atomic E-state index is 16.0.